The van der Waals surface area contributed by atoms with Crippen molar-refractivity contribution >= 4 is 57.2 Å². The second-order valence-electron chi connectivity index (χ2n) is 12.1. The van der Waals surface area contributed by atoms with Crippen molar-refractivity contribution in [3.05, 3.63) is 92.6 Å². The number of fused-ring (bicyclic) bond motifs is 1. The van der Waals surface area contributed by atoms with Gasteiger partial charge in [-0.1, -0.05) is 67.0 Å². The van der Waals surface area contributed by atoms with Crippen LogP contribution in [0.1, 0.15) is 68.8 Å². The van der Waals surface area contributed by atoms with Crippen molar-refractivity contribution < 1.29 is 18.8 Å². The Bertz CT molecular complexity index is 1890. The molecule has 237 valence electrons. The first-order chi connectivity index (χ1) is 21.8. The zero-order chi connectivity index (χ0) is 31.6. The maximum atomic E-state index is 14.3. The molecule has 0 saturated heterocycles. The summed E-state index contributed by atoms with van der Waals surface area (Å²) in [5.74, 6) is 0.282. The van der Waals surface area contributed by atoms with E-state index in [4.69, 9.17) is 9.26 Å². The molecule has 1 fully saturated rings. The molecule has 6 rings (SSSR count). The summed E-state index contributed by atoms with van der Waals surface area (Å²) in [6.45, 7) is 2.57. The fourth-order valence-corrected chi connectivity index (χ4v) is 6.18. The van der Waals surface area contributed by atoms with Gasteiger partial charge >= 0.3 is 5.76 Å². The van der Waals surface area contributed by atoms with Crippen LogP contribution in [-0.2, 0) is 17.6 Å². The molecule has 46 heavy (non-hydrogen) atoms. The summed E-state index contributed by atoms with van der Waals surface area (Å²) in [4.78, 5) is 33.0. The molecule has 13 heteroatoms. The van der Waals surface area contributed by atoms with E-state index in [0.29, 0.717) is 55.7 Å². The fraction of sp³-hybridized carbons (Fsp3) is 0.424. The quantitative estimate of drug-likeness (QED) is 0.201. The number of hydrogen-bond donors (Lipinski definition) is 2. The number of hydrogen-bond acceptors (Lipinski definition) is 8. The van der Waals surface area contributed by atoms with Gasteiger partial charge in [0.15, 0.2) is 5.82 Å². The van der Waals surface area contributed by atoms with Crippen LogP contribution in [0.4, 0.5) is 4.39 Å². The van der Waals surface area contributed by atoms with Crippen molar-refractivity contribution in [3.8, 4) is 22.5 Å². The van der Waals surface area contributed by atoms with Crippen LogP contribution in [0.15, 0.2) is 69.0 Å². The first-order valence-electron chi connectivity index (χ1n) is 15.4. The molecule has 0 bridgehead atoms. The number of aryl methyl sites for hydroxylation is 1. The van der Waals surface area contributed by atoms with Crippen LogP contribution in [0.2, 0.25) is 0 Å². The van der Waals surface area contributed by atoms with Crippen LogP contribution in [0, 0.1) is 0 Å². The Morgan fingerprint density at radius 3 is 2.46 bits per heavy atom. The van der Waals surface area contributed by atoms with Crippen LogP contribution in [0.3, 0.4) is 0 Å². The SMILES string of the molecule is CCCc1c(Cc2ccc(-c3ccccc3-c3noc(=O)[nH]3)cc2)c(=O)n(C2CCC(OCC(C)(O)CF)CC2)c2ncnn12.[K]. The Balaban J connectivity index is 0.00000417. The number of H-pyrrole nitrogens is 1. The molecule has 1 unspecified atom stereocenters. The molecule has 1 aliphatic rings. The molecule has 3 heterocycles. The van der Waals surface area contributed by atoms with Gasteiger partial charge in [-0.15, -0.1) is 0 Å². The summed E-state index contributed by atoms with van der Waals surface area (Å²) in [5, 5.41) is 18.4. The minimum absolute atomic E-state index is 0. The van der Waals surface area contributed by atoms with E-state index in [1.165, 1.54) is 13.3 Å². The number of halogens is 1. The molecule has 1 aliphatic carbocycles. The minimum Gasteiger partial charge on any atom is -0.385 e. The van der Waals surface area contributed by atoms with Crippen LogP contribution in [0.5, 0.6) is 0 Å². The molecule has 5 aromatic rings. The Morgan fingerprint density at radius 2 is 1.80 bits per heavy atom. The molecule has 1 atom stereocenters. The Hall–Kier alpha value is -2.78. The van der Waals surface area contributed by atoms with E-state index >= 15 is 0 Å². The normalized spacial score (nSPS) is 17.9. The molecule has 2 N–H and O–H groups in total. The Labute approximate surface area is 307 Å². The Kier molecular flexibility index (Phi) is 11.2. The first-order valence-corrected chi connectivity index (χ1v) is 15.4. The molecular formula is C33H37FKN6O5. The molecule has 3 aromatic heterocycles. The second-order valence-corrected chi connectivity index (χ2v) is 12.1. The maximum Gasteiger partial charge on any atom is 0.439 e. The number of alkyl halides is 1. The number of aromatic amines is 1. The number of aliphatic hydroxyl groups is 1. The van der Waals surface area contributed by atoms with Gasteiger partial charge in [0.05, 0.1) is 18.4 Å². The first kappa shape index (κ1) is 34.5. The smallest absolute Gasteiger partial charge is 0.385 e. The van der Waals surface area contributed by atoms with Gasteiger partial charge in [-0.25, -0.2) is 13.7 Å². The molecule has 2 aromatic carbocycles. The van der Waals surface area contributed by atoms with Gasteiger partial charge in [0.25, 0.3) is 5.56 Å². The predicted molar refractivity (Wildman–Crippen MR) is 172 cm³/mol. The number of benzene rings is 2. The second kappa shape index (κ2) is 15.0. The molecule has 0 aliphatic heterocycles. The third-order valence-electron chi connectivity index (χ3n) is 8.51. The number of rotatable bonds is 11. The van der Waals surface area contributed by atoms with E-state index in [2.05, 4.69) is 27.1 Å². The van der Waals surface area contributed by atoms with E-state index in [1.54, 1.807) is 4.57 Å². The minimum atomic E-state index is -1.50. The van der Waals surface area contributed by atoms with Crippen LogP contribution >= 0.6 is 0 Å². The number of ether oxygens (including phenoxy) is 1. The molecular weight excluding hydrogens is 618 g/mol. The van der Waals surface area contributed by atoms with Crippen molar-refractivity contribution in [2.45, 2.75) is 76.5 Å². The molecule has 0 amide bonds. The monoisotopic (exact) mass is 655 g/mol. The third kappa shape index (κ3) is 7.35. The van der Waals surface area contributed by atoms with Crippen molar-refractivity contribution in [1.29, 1.82) is 0 Å². The van der Waals surface area contributed by atoms with Gasteiger partial charge in [-0.05, 0) is 55.7 Å². The van der Waals surface area contributed by atoms with E-state index in [0.717, 1.165) is 34.4 Å². The van der Waals surface area contributed by atoms with Gasteiger partial charge in [0.2, 0.25) is 5.78 Å². The van der Waals surface area contributed by atoms with Gasteiger partial charge in [0, 0.05) is 75.0 Å². The molecule has 1 saturated carbocycles. The largest absolute Gasteiger partial charge is 0.439 e. The van der Waals surface area contributed by atoms with Crippen molar-refractivity contribution in [2.75, 3.05) is 13.3 Å². The van der Waals surface area contributed by atoms with Gasteiger partial charge in [-0.2, -0.15) is 10.1 Å². The standard InChI is InChI=1S/C33H37FN6O5.K/c1-3-6-28-27(17-21-9-11-22(12-10-21)25-7-4-5-8-26(25)29-37-32(42)45-38-29)30(41)39(31-35-20-36-40(28)31)23-13-15-24(16-14-23)44-19-33(2,43)18-34;/h4-5,7-12,20,23-24,43H,3,6,13-19H2,1-2H3,(H,37,38,42);. The number of nitrogens with one attached hydrogen (secondary N) is 1. The van der Waals surface area contributed by atoms with Crippen molar-refractivity contribution in [3.63, 3.8) is 0 Å². The summed E-state index contributed by atoms with van der Waals surface area (Å²) in [6.07, 6.45) is 6.13. The zero-order valence-corrected chi connectivity index (χ0v) is 29.5. The van der Waals surface area contributed by atoms with Gasteiger partial charge in [0.1, 0.15) is 18.6 Å². The zero-order valence-electron chi connectivity index (χ0n) is 26.4. The summed E-state index contributed by atoms with van der Waals surface area (Å²) in [5.41, 5.74) is 3.54. The third-order valence-corrected chi connectivity index (χ3v) is 8.51. The van der Waals surface area contributed by atoms with Crippen LogP contribution in [-0.4, -0.2) is 111 Å². The van der Waals surface area contributed by atoms with E-state index < -0.39 is 18.0 Å². The van der Waals surface area contributed by atoms with Gasteiger partial charge in [-0.3, -0.25) is 18.9 Å². The van der Waals surface area contributed by atoms with Crippen molar-refractivity contribution in [1.82, 2.24) is 29.3 Å². The van der Waals surface area contributed by atoms with Crippen LogP contribution < -0.4 is 11.3 Å². The summed E-state index contributed by atoms with van der Waals surface area (Å²) in [7, 11) is 0. The average molecular weight is 656 g/mol. The predicted octanol–water partition coefficient (Wildman–Crippen LogP) is 4.28. The van der Waals surface area contributed by atoms with Crippen molar-refractivity contribution in [2.24, 2.45) is 0 Å². The molecule has 0 spiro atoms. The van der Waals surface area contributed by atoms with E-state index in [1.807, 2.05) is 53.0 Å². The molecule has 1 radical (unpaired) electrons. The Morgan fingerprint density at radius 1 is 1.09 bits per heavy atom. The fourth-order valence-electron chi connectivity index (χ4n) is 6.18. The average Bonchev–Trinajstić information content (AvgIpc) is 3.72. The number of aromatic nitrogens is 6. The summed E-state index contributed by atoms with van der Waals surface area (Å²) >= 11 is 0. The van der Waals surface area contributed by atoms with Gasteiger partial charge < -0.3 is 9.84 Å². The molecule has 11 nitrogen and oxygen atoms in total. The maximum absolute atomic E-state index is 14.3. The van der Waals surface area contributed by atoms with E-state index in [-0.39, 0.29) is 75.7 Å². The van der Waals surface area contributed by atoms with E-state index in [9.17, 15) is 19.1 Å². The topological polar surface area (TPSA) is 141 Å². The number of nitrogens with zero attached hydrogens (tertiary/aromatic N) is 5. The summed E-state index contributed by atoms with van der Waals surface area (Å²) < 4.78 is 27.2. The van der Waals surface area contributed by atoms with Crippen LogP contribution in [0.25, 0.3) is 28.3 Å². The summed E-state index contributed by atoms with van der Waals surface area (Å²) in [6, 6.07) is 15.6.